The third-order valence-electron chi connectivity index (χ3n) is 5.24. The average molecular weight is 360 g/mol. The molecule has 0 bridgehead atoms. The zero-order valence-corrected chi connectivity index (χ0v) is 15.0. The van der Waals surface area contributed by atoms with E-state index < -0.39 is 0 Å². The fraction of sp³-hybridized carbons (Fsp3) is 0.227. The van der Waals surface area contributed by atoms with Crippen LogP contribution in [0.3, 0.4) is 0 Å². The summed E-state index contributed by atoms with van der Waals surface area (Å²) in [4.78, 5) is 39.9. The summed E-state index contributed by atoms with van der Waals surface area (Å²) < 4.78 is 0. The molecule has 2 aromatic rings. The number of rotatable bonds is 3. The van der Waals surface area contributed by atoms with Gasteiger partial charge in [0.15, 0.2) is 0 Å². The van der Waals surface area contributed by atoms with Crippen molar-refractivity contribution in [3.63, 3.8) is 0 Å². The van der Waals surface area contributed by atoms with Gasteiger partial charge in [0.1, 0.15) is 0 Å². The lowest BCUT2D eigenvalue weighted by Crippen LogP contribution is -2.33. The number of para-hydroxylation sites is 2. The molecule has 2 atom stereocenters. The van der Waals surface area contributed by atoms with Crippen LogP contribution in [0.4, 0.5) is 11.4 Å². The Bertz CT molecular complexity index is 949. The van der Waals surface area contributed by atoms with Crippen LogP contribution in [-0.2, 0) is 9.59 Å². The number of benzene rings is 2. The third-order valence-corrected chi connectivity index (χ3v) is 5.24. The Labute approximate surface area is 157 Å². The van der Waals surface area contributed by atoms with Crippen LogP contribution in [0, 0.1) is 11.8 Å². The van der Waals surface area contributed by atoms with E-state index in [-0.39, 0.29) is 29.6 Å². The number of amides is 3. The highest BCUT2D eigenvalue weighted by molar-refractivity contribution is 6.25. The van der Waals surface area contributed by atoms with Crippen LogP contribution in [0.5, 0.6) is 0 Å². The Hall–Kier alpha value is -3.21. The molecule has 1 aliphatic heterocycles. The molecule has 4 rings (SSSR count). The van der Waals surface area contributed by atoms with Gasteiger partial charge in [-0.25, -0.2) is 4.90 Å². The Kier molecular flexibility index (Phi) is 4.36. The zero-order chi connectivity index (χ0) is 19.0. The maximum atomic E-state index is 13.0. The molecule has 136 valence electrons. The number of allylic oxidation sites excluding steroid dienone is 2. The van der Waals surface area contributed by atoms with E-state index in [1.165, 1.54) is 4.90 Å². The molecular weight excluding hydrogens is 340 g/mol. The van der Waals surface area contributed by atoms with Gasteiger partial charge in [-0.1, -0.05) is 42.0 Å². The Morgan fingerprint density at radius 2 is 1.63 bits per heavy atom. The largest absolute Gasteiger partial charge is 0.322 e. The van der Waals surface area contributed by atoms with Crippen molar-refractivity contribution in [3.8, 4) is 0 Å². The van der Waals surface area contributed by atoms with Gasteiger partial charge in [0.25, 0.3) is 5.91 Å². The second-order valence-corrected chi connectivity index (χ2v) is 7.05. The van der Waals surface area contributed by atoms with Crippen molar-refractivity contribution in [2.75, 3.05) is 10.2 Å². The molecule has 5 heteroatoms. The molecule has 1 fully saturated rings. The highest BCUT2D eigenvalue weighted by atomic mass is 16.2. The van der Waals surface area contributed by atoms with Gasteiger partial charge in [0.2, 0.25) is 11.8 Å². The Morgan fingerprint density at radius 3 is 2.41 bits per heavy atom. The second kappa shape index (κ2) is 6.83. The highest BCUT2D eigenvalue weighted by Gasteiger charge is 2.49. The van der Waals surface area contributed by atoms with E-state index in [0.717, 1.165) is 5.57 Å². The van der Waals surface area contributed by atoms with Crippen molar-refractivity contribution in [1.82, 2.24) is 0 Å². The standard InChI is InChI=1S/C22H20N2O3/c1-14-11-12-16-18(13-14)22(27)24(21(16)26)19-10-6-5-9-17(19)20(25)23-15-7-3-2-4-8-15/h2-11,16,18H,12-13H2,1H3,(H,23,25)/t16-,18+/m0/s1. The number of nitrogens with one attached hydrogen (secondary N) is 1. The third kappa shape index (κ3) is 3.05. The van der Waals surface area contributed by atoms with Crippen molar-refractivity contribution < 1.29 is 14.4 Å². The van der Waals surface area contributed by atoms with Crippen LogP contribution in [0.1, 0.15) is 30.1 Å². The van der Waals surface area contributed by atoms with Crippen LogP contribution in [0.2, 0.25) is 0 Å². The van der Waals surface area contributed by atoms with Crippen molar-refractivity contribution in [1.29, 1.82) is 0 Å². The first kappa shape index (κ1) is 17.2. The lowest BCUT2D eigenvalue weighted by Gasteiger charge is -2.19. The first-order chi connectivity index (χ1) is 13.1. The van der Waals surface area contributed by atoms with Gasteiger partial charge in [-0.3, -0.25) is 14.4 Å². The first-order valence-electron chi connectivity index (χ1n) is 9.05. The van der Waals surface area contributed by atoms with Gasteiger partial charge in [-0.15, -0.1) is 0 Å². The Balaban J connectivity index is 1.66. The molecule has 1 N–H and O–H groups in total. The van der Waals surface area contributed by atoms with Crippen molar-refractivity contribution in [2.45, 2.75) is 19.8 Å². The zero-order valence-electron chi connectivity index (χ0n) is 15.0. The normalized spacial score (nSPS) is 21.7. The molecule has 0 radical (unpaired) electrons. The lowest BCUT2D eigenvalue weighted by molar-refractivity contribution is -0.122. The van der Waals surface area contributed by atoms with Gasteiger partial charge in [0.05, 0.1) is 23.1 Å². The summed E-state index contributed by atoms with van der Waals surface area (Å²) >= 11 is 0. The van der Waals surface area contributed by atoms with Crippen LogP contribution in [0.25, 0.3) is 0 Å². The topological polar surface area (TPSA) is 66.5 Å². The highest BCUT2D eigenvalue weighted by Crippen LogP contribution is 2.40. The van der Waals surface area contributed by atoms with Gasteiger partial charge in [0, 0.05) is 5.69 Å². The van der Waals surface area contributed by atoms with E-state index in [4.69, 9.17) is 0 Å². The molecule has 5 nitrogen and oxygen atoms in total. The maximum absolute atomic E-state index is 13.0. The number of carbonyl (C=O) groups is 3. The van der Waals surface area contributed by atoms with Crippen LogP contribution < -0.4 is 10.2 Å². The number of carbonyl (C=O) groups excluding carboxylic acids is 3. The molecule has 1 aliphatic carbocycles. The minimum absolute atomic E-state index is 0.211. The van der Waals surface area contributed by atoms with E-state index in [0.29, 0.717) is 29.8 Å². The summed E-state index contributed by atoms with van der Waals surface area (Å²) in [5.41, 5.74) is 2.46. The maximum Gasteiger partial charge on any atom is 0.257 e. The number of fused-ring (bicyclic) bond motifs is 1. The van der Waals surface area contributed by atoms with Crippen molar-refractivity contribution >= 4 is 29.1 Å². The number of hydrogen-bond acceptors (Lipinski definition) is 3. The fourth-order valence-electron chi connectivity index (χ4n) is 3.86. The minimum atomic E-state index is -0.346. The van der Waals surface area contributed by atoms with E-state index in [1.54, 1.807) is 36.4 Å². The van der Waals surface area contributed by atoms with Gasteiger partial charge in [-0.2, -0.15) is 0 Å². The molecule has 2 aliphatic rings. The molecule has 2 aromatic carbocycles. The second-order valence-electron chi connectivity index (χ2n) is 7.05. The van der Waals surface area contributed by atoms with E-state index in [2.05, 4.69) is 5.32 Å². The van der Waals surface area contributed by atoms with E-state index >= 15 is 0 Å². The monoisotopic (exact) mass is 360 g/mol. The van der Waals surface area contributed by atoms with Crippen LogP contribution >= 0.6 is 0 Å². The summed E-state index contributed by atoms with van der Waals surface area (Å²) in [6.07, 6.45) is 3.21. The van der Waals surface area contributed by atoms with Crippen molar-refractivity contribution in [2.24, 2.45) is 11.8 Å². The van der Waals surface area contributed by atoms with Crippen LogP contribution in [0.15, 0.2) is 66.2 Å². The summed E-state index contributed by atoms with van der Waals surface area (Å²) in [6, 6.07) is 15.9. The van der Waals surface area contributed by atoms with Gasteiger partial charge < -0.3 is 5.32 Å². The number of imide groups is 1. The predicted octanol–water partition coefficient (Wildman–Crippen LogP) is 3.78. The van der Waals surface area contributed by atoms with Crippen molar-refractivity contribution in [3.05, 3.63) is 71.8 Å². The molecule has 1 saturated heterocycles. The lowest BCUT2D eigenvalue weighted by atomic mass is 9.82. The number of anilines is 2. The number of hydrogen-bond donors (Lipinski definition) is 1. The van der Waals surface area contributed by atoms with Crippen LogP contribution in [-0.4, -0.2) is 17.7 Å². The summed E-state index contributed by atoms with van der Waals surface area (Å²) in [5.74, 6) is -1.42. The van der Waals surface area contributed by atoms with Gasteiger partial charge >= 0.3 is 0 Å². The smallest absolute Gasteiger partial charge is 0.257 e. The predicted molar refractivity (Wildman–Crippen MR) is 103 cm³/mol. The first-order valence-corrected chi connectivity index (χ1v) is 9.05. The summed E-state index contributed by atoms with van der Waals surface area (Å²) in [7, 11) is 0. The number of nitrogens with zero attached hydrogens (tertiary/aromatic N) is 1. The van der Waals surface area contributed by atoms with E-state index in [9.17, 15) is 14.4 Å². The quantitative estimate of drug-likeness (QED) is 0.669. The molecular formula is C22H20N2O3. The average Bonchev–Trinajstić information content (AvgIpc) is 2.92. The molecule has 0 spiro atoms. The molecule has 3 amide bonds. The molecule has 0 saturated carbocycles. The summed E-state index contributed by atoms with van der Waals surface area (Å²) in [6.45, 7) is 1.98. The minimum Gasteiger partial charge on any atom is -0.322 e. The van der Waals surface area contributed by atoms with E-state index in [1.807, 2.05) is 31.2 Å². The van der Waals surface area contributed by atoms with Gasteiger partial charge in [-0.05, 0) is 44.0 Å². The summed E-state index contributed by atoms with van der Waals surface area (Å²) in [5, 5.41) is 2.82. The molecule has 0 aromatic heterocycles. The molecule has 1 heterocycles. The molecule has 27 heavy (non-hydrogen) atoms. The fourth-order valence-corrected chi connectivity index (χ4v) is 3.86. The Morgan fingerprint density at radius 1 is 0.963 bits per heavy atom. The molecule has 0 unspecified atom stereocenters. The SMILES string of the molecule is CC1=CC[C@@H]2C(=O)N(c3ccccc3C(=O)Nc3ccccc3)C(=O)[C@@H]2C1.